The molecule has 3 heterocycles. The molecule has 2 aromatic heterocycles. The van der Waals surface area contributed by atoms with Gasteiger partial charge in [-0.15, -0.1) is 0 Å². The maximum Gasteiger partial charge on any atom is 0.186 e. The zero-order valence-corrected chi connectivity index (χ0v) is 15.9. The molecule has 0 radical (unpaired) electrons. The zero-order chi connectivity index (χ0) is 17.3. The molecule has 1 saturated heterocycles. The SMILES string of the molecule is c1ccc2sc(N3CCC[C@H](NCc4ccc5nsnc5c4)C3)nc2c1. The average Bonchev–Trinajstić information content (AvgIpc) is 3.32. The number of hydrogen-bond donors (Lipinski definition) is 1. The van der Waals surface area contributed by atoms with E-state index < -0.39 is 0 Å². The maximum absolute atomic E-state index is 4.82. The van der Waals surface area contributed by atoms with Crippen LogP contribution in [0.25, 0.3) is 21.3 Å². The predicted octanol–water partition coefficient (Wildman–Crippen LogP) is 4.06. The molecule has 7 heteroatoms. The molecule has 4 aromatic rings. The molecule has 1 aliphatic heterocycles. The lowest BCUT2D eigenvalue weighted by Gasteiger charge is -2.33. The van der Waals surface area contributed by atoms with E-state index in [4.69, 9.17) is 4.98 Å². The van der Waals surface area contributed by atoms with Gasteiger partial charge in [-0.1, -0.05) is 29.5 Å². The maximum atomic E-state index is 4.82. The predicted molar refractivity (Wildman–Crippen MR) is 109 cm³/mol. The van der Waals surface area contributed by atoms with E-state index in [0.29, 0.717) is 6.04 Å². The van der Waals surface area contributed by atoms with Gasteiger partial charge in [0.1, 0.15) is 11.0 Å². The Balaban J connectivity index is 1.26. The summed E-state index contributed by atoms with van der Waals surface area (Å²) in [4.78, 5) is 7.25. The summed E-state index contributed by atoms with van der Waals surface area (Å²) >= 11 is 3.07. The number of piperidine rings is 1. The Hall–Kier alpha value is -2.09. The van der Waals surface area contributed by atoms with Gasteiger partial charge in [0, 0.05) is 25.7 Å². The van der Waals surface area contributed by atoms with Crippen molar-refractivity contribution in [1.29, 1.82) is 0 Å². The number of benzene rings is 2. The van der Waals surface area contributed by atoms with E-state index in [2.05, 4.69) is 61.4 Å². The molecule has 1 atom stereocenters. The highest BCUT2D eigenvalue weighted by atomic mass is 32.1. The fourth-order valence-electron chi connectivity index (χ4n) is 3.51. The quantitative estimate of drug-likeness (QED) is 0.578. The van der Waals surface area contributed by atoms with E-state index in [-0.39, 0.29) is 0 Å². The molecule has 1 aliphatic rings. The molecule has 0 bridgehead atoms. The van der Waals surface area contributed by atoms with Gasteiger partial charge >= 0.3 is 0 Å². The number of hydrogen-bond acceptors (Lipinski definition) is 7. The molecular formula is C19H19N5S2. The van der Waals surface area contributed by atoms with Crippen molar-refractivity contribution in [2.75, 3.05) is 18.0 Å². The van der Waals surface area contributed by atoms with E-state index in [1.165, 1.54) is 34.8 Å². The molecule has 0 saturated carbocycles. The summed E-state index contributed by atoms with van der Waals surface area (Å²) in [5, 5.41) is 4.86. The lowest BCUT2D eigenvalue weighted by atomic mass is 10.1. The molecular weight excluding hydrogens is 362 g/mol. The molecule has 2 aromatic carbocycles. The van der Waals surface area contributed by atoms with Crippen molar-refractivity contribution in [3.8, 4) is 0 Å². The van der Waals surface area contributed by atoms with E-state index >= 15 is 0 Å². The summed E-state index contributed by atoms with van der Waals surface area (Å²) in [6.45, 7) is 2.97. The Bertz CT molecular complexity index is 1010. The molecule has 132 valence electrons. The average molecular weight is 382 g/mol. The lowest BCUT2D eigenvalue weighted by Crippen LogP contribution is -2.45. The summed E-state index contributed by atoms with van der Waals surface area (Å²) in [5.41, 5.74) is 4.35. The van der Waals surface area contributed by atoms with Gasteiger partial charge < -0.3 is 10.2 Å². The van der Waals surface area contributed by atoms with E-state index in [1.807, 2.05) is 0 Å². The molecule has 5 nitrogen and oxygen atoms in total. The van der Waals surface area contributed by atoms with Gasteiger partial charge in [-0.3, -0.25) is 0 Å². The minimum atomic E-state index is 0.486. The number of para-hydroxylation sites is 1. The van der Waals surface area contributed by atoms with Crippen LogP contribution in [0.15, 0.2) is 42.5 Å². The second-order valence-corrected chi connectivity index (χ2v) is 8.26. The number of nitrogens with zero attached hydrogens (tertiary/aromatic N) is 4. The summed E-state index contributed by atoms with van der Waals surface area (Å²) in [6.07, 6.45) is 2.41. The highest BCUT2D eigenvalue weighted by Gasteiger charge is 2.22. The zero-order valence-electron chi connectivity index (χ0n) is 14.3. The first kappa shape index (κ1) is 16.1. The van der Waals surface area contributed by atoms with Gasteiger partial charge in [0.25, 0.3) is 0 Å². The van der Waals surface area contributed by atoms with Crippen LogP contribution in [0.5, 0.6) is 0 Å². The Labute approximate surface area is 160 Å². The fraction of sp³-hybridized carbons (Fsp3) is 0.316. The van der Waals surface area contributed by atoms with Gasteiger partial charge in [-0.05, 0) is 42.7 Å². The second kappa shape index (κ2) is 6.90. The number of rotatable bonds is 4. The number of fused-ring (bicyclic) bond motifs is 2. The molecule has 0 unspecified atom stereocenters. The van der Waals surface area contributed by atoms with Crippen LogP contribution in [0.4, 0.5) is 5.13 Å². The third kappa shape index (κ3) is 3.18. The van der Waals surface area contributed by atoms with Gasteiger partial charge in [0.15, 0.2) is 5.13 Å². The van der Waals surface area contributed by atoms with E-state index in [1.54, 1.807) is 11.3 Å². The van der Waals surface area contributed by atoms with Crippen molar-refractivity contribution in [2.45, 2.75) is 25.4 Å². The normalized spacial score (nSPS) is 18.0. The molecule has 0 aliphatic carbocycles. The smallest absolute Gasteiger partial charge is 0.186 e. The topological polar surface area (TPSA) is 53.9 Å². The molecule has 26 heavy (non-hydrogen) atoms. The highest BCUT2D eigenvalue weighted by Crippen LogP contribution is 2.30. The number of nitrogens with one attached hydrogen (secondary N) is 1. The Morgan fingerprint density at radius 1 is 1.08 bits per heavy atom. The monoisotopic (exact) mass is 381 g/mol. The van der Waals surface area contributed by atoms with Crippen LogP contribution in [0.2, 0.25) is 0 Å². The number of anilines is 1. The van der Waals surface area contributed by atoms with Crippen LogP contribution in [0.1, 0.15) is 18.4 Å². The first-order valence-electron chi connectivity index (χ1n) is 8.90. The van der Waals surface area contributed by atoms with Crippen molar-refractivity contribution in [2.24, 2.45) is 0 Å². The Morgan fingerprint density at radius 3 is 2.96 bits per heavy atom. The standard InChI is InChI=1S/C19H19N5S2/c1-2-6-18-16(5-1)21-19(25-18)24-9-3-4-14(12-24)20-11-13-7-8-15-17(10-13)23-26-22-15/h1-2,5-8,10,14,20H,3-4,9,11-12H2/t14-/m0/s1. The van der Waals surface area contributed by atoms with Gasteiger partial charge in [-0.25, -0.2) is 4.98 Å². The molecule has 0 amide bonds. The second-order valence-electron chi connectivity index (χ2n) is 6.72. The van der Waals surface area contributed by atoms with Gasteiger partial charge in [-0.2, -0.15) is 8.75 Å². The first-order chi connectivity index (χ1) is 12.8. The van der Waals surface area contributed by atoms with Crippen LogP contribution in [0.3, 0.4) is 0 Å². The van der Waals surface area contributed by atoms with Crippen molar-refractivity contribution >= 4 is 49.4 Å². The van der Waals surface area contributed by atoms with Gasteiger partial charge in [0.2, 0.25) is 0 Å². The fourth-order valence-corrected chi connectivity index (χ4v) is 5.03. The van der Waals surface area contributed by atoms with Crippen molar-refractivity contribution in [1.82, 2.24) is 19.0 Å². The minimum Gasteiger partial charge on any atom is -0.347 e. The van der Waals surface area contributed by atoms with Gasteiger partial charge in [0.05, 0.1) is 21.9 Å². The summed E-state index contributed by atoms with van der Waals surface area (Å²) in [5.74, 6) is 0. The van der Waals surface area contributed by atoms with Crippen LogP contribution >= 0.6 is 23.1 Å². The molecule has 5 rings (SSSR count). The highest BCUT2D eigenvalue weighted by molar-refractivity contribution is 7.22. The van der Waals surface area contributed by atoms with Crippen molar-refractivity contribution < 1.29 is 0 Å². The molecule has 0 spiro atoms. The molecule has 1 N–H and O–H groups in total. The lowest BCUT2D eigenvalue weighted by molar-refractivity contribution is 0.421. The Kier molecular flexibility index (Phi) is 4.28. The van der Waals surface area contributed by atoms with E-state index in [0.717, 1.165) is 41.3 Å². The minimum absolute atomic E-state index is 0.486. The van der Waals surface area contributed by atoms with Crippen LogP contribution in [-0.2, 0) is 6.54 Å². The van der Waals surface area contributed by atoms with Crippen LogP contribution in [-0.4, -0.2) is 32.9 Å². The van der Waals surface area contributed by atoms with Crippen molar-refractivity contribution in [3.05, 3.63) is 48.0 Å². The summed E-state index contributed by atoms with van der Waals surface area (Å²) < 4.78 is 9.87. The van der Waals surface area contributed by atoms with Crippen LogP contribution < -0.4 is 10.2 Å². The molecule has 1 fully saturated rings. The third-order valence-corrected chi connectivity index (χ3v) is 6.54. The summed E-state index contributed by atoms with van der Waals surface area (Å²) in [6, 6.07) is 15.2. The number of thiazole rings is 1. The van der Waals surface area contributed by atoms with E-state index in [9.17, 15) is 0 Å². The summed E-state index contributed by atoms with van der Waals surface area (Å²) in [7, 11) is 0. The largest absolute Gasteiger partial charge is 0.347 e. The Morgan fingerprint density at radius 2 is 2.00 bits per heavy atom. The third-order valence-electron chi connectivity index (χ3n) is 4.89. The number of aromatic nitrogens is 3. The first-order valence-corrected chi connectivity index (χ1v) is 10.4. The van der Waals surface area contributed by atoms with Crippen molar-refractivity contribution in [3.63, 3.8) is 0 Å². The van der Waals surface area contributed by atoms with Crippen LogP contribution in [0, 0.1) is 0 Å².